The van der Waals surface area contributed by atoms with Crippen LogP contribution >= 0.6 is 0 Å². The molecule has 2 aliphatic carbocycles. The van der Waals surface area contributed by atoms with Gasteiger partial charge in [-0.1, -0.05) is 0 Å². The Morgan fingerprint density at radius 1 is 1.38 bits per heavy atom. The molecule has 0 saturated heterocycles. The average molecular weight is 226 g/mol. The fourth-order valence-electron chi connectivity index (χ4n) is 3.07. The number of rotatable bonds is 3. The Morgan fingerprint density at radius 2 is 2.06 bits per heavy atom. The SMILES string of the molecule is COC(=O)CNC(=O)C1C2CCC(C2)C1N. The van der Waals surface area contributed by atoms with Crippen molar-refractivity contribution >= 4 is 11.9 Å². The van der Waals surface area contributed by atoms with Crippen molar-refractivity contribution in [1.29, 1.82) is 0 Å². The molecule has 4 atom stereocenters. The van der Waals surface area contributed by atoms with Gasteiger partial charge in [0.1, 0.15) is 6.54 Å². The average Bonchev–Trinajstić information content (AvgIpc) is 2.85. The predicted molar refractivity (Wildman–Crippen MR) is 57.3 cm³/mol. The number of esters is 1. The highest BCUT2D eigenvalue weighted by Gasteiger charge is 2.48. The summed E-state index contributed by atoms with van der Waals surface area (Å²) >= 11 is 0. The van der Waals surface area contributed by atoms with Crippen molar-refractivity contribution in [2.24, 2.45) is 23.5 Å². The highest BCUT2D eigenvalue weighted by molar-refractivity contribution is 5.84. The highest BCUT2D eigenvalue weighted by atomic mass is 16.5. The first-order valence-corrected chi connectivity index (χ1v) is 5.73. The van der Waals surface area contributed by atoms with Crippen molar-refractivity contribution in [1.82, 2.24) is 5.32 Å². The minimum absolute atomic E-state index is 0.0311. The number of nitrogens with two attached hydrogens (primary N) is 1. The molecule has 3 N–H and O–H groups in total. The van der Waals surface area contributed by atoms with Crippen LogP contribution in [0, 0.1) is 17.8 Å². The van der Waals surface area contributed by atoms with E-state index in [0.29, 0.717) is 11.8 Å². The molecule has 0 radical (unpaired) electrons. The van der Waals surface area contributed by atoms with E-state index in [-0.39, 0.29) is 24.4 Å². The molecule has 5 heteroatoms. The molecule has 2 saturated carbocycles. The Bertz CT molecular complexity index is 304. The molecule has 2 aliphatic rings. The van der Waals surface area contributed by atoms with Crippen molar-refractivity contribution in [2.45, 2.75) is 25.3 Å². The van der Waals surface area contributed by atoms with Gasteiger partial charge in [-0.3, -0.25) is 9.59 Å². The molecule has 2 bridgehead atoms. The van der Waals surface area contributed by atoms with E-state index in [1.54, 1.807) is 0 Å². The van der Waals surface area contributed by atoms with Gasteiger partial charge in [0.15, 0.2) is 0 Å². The van der Waals surface area contributed by atoms with Gasteiger partial charge in [-0.05, 0) is 31.1 Å². The lowest BCUT2D eigenvalue weighted by Crippen LogP contribution is -2.46. The Kier molecular flexibility index (Phi) is 3.14. The maximum atomic E-state index is 11.9. The molecule has 2 fully saturated rings. The number of amides is 1. The molecular weight excluding hydrogens is 208 g/mol. The monoisotopic (exact) mass is 226 g/mol. The van der Waals surface area contributed by atoms with Gasteiger partial charge in [0.2, 0.25) is 5.91 Å². The summed E-state index contributed by atoms with van der Waals surface area (Å²) in [5.41, 5.74) is 6.03. The summed E-state index contributed by atoms with van der Waals surface area (Å²) in [5.74, 6) is 0.287. The van der Waals surface area contributed by atoms with Gasteiger partial charge in [0.25, 0.3) is 0 Å². The molecule has 1 amide bonds. The van der Waals surface area contributed by atoms with Crippen LogP contribution in [0.1, 0.15) is 19.3 Å². The first-order valence-electron chi connectivity index (χ1n) is 5.73. The summed E-state index contributed by atoms with van der Waals surface area (Å²) in [6, 6.07) is -0.0311. The Morgan fingerprint density at radius 3 is 2.62 bits per heavy atom. The summed E-state index contributed by atoms with van der Waals surface area (Å²) in [7, 11) is 1.30. The largest absolute Gasteiger partial charge is 0.468 e. The van der Waals surface area contributed by atoms with Gasteiger partial charge in [-0.25, -0.2) is 0 Å². The van der Waals surface area contributed by atoms with Gasteiger partial charge < -0.3 is 15.8 Å². The molecule has 0 aromatic heterocycles. The van der Waals surface area contributed by atoms with E-state index in [2.05, 4.69) is 10.1 Å². The van der Waals surface area contributed by atoms with Crippen LogP contribution in [0.3, 0.4) is 0 Å². The van der Waals surface area contributed by atoms with Crippen LogP contribution in [0.15, 0.2) is 0 Å². The molecule has 0 spiro atoms. The van der Waals surface area contributed by atoms with Crippen LogP contribution in [-0.4, -0.2) is 31.6 Å². The van der Waals surface area contributed by atoms with Crippen molar-refractivity contribution in [2.75, 3.05) is 13.7 Å². The second-order valence-corrected chi connectivity index (χ2v) is 4.73. The predicted octanol–water partition coefficient (Wildman–Crippen LogP) is -0.351. The van der Waals surface area contributed by atoms with E-state index in [1.807, 2.05) is 0 Å². The summed E-state index contributed by atoms with van der Waals surface area (Å²) in [4.78, 5) is 22.8. The molecule has 90 valence electrons. The van der Waals surface area contributed by atoms with Crippen LogP contribution in [0.5, 0.6) is 0 Å². The van der Waals surface area contributed by atoms with Crippen LogP contribution in [0.2, 0.25) is 0 Å². The summed E-state index contributed by atoms with van der Waals surface area (Å²) < 4.78 is 4.47. The number of ether oxygens (including phenoxy) is 1. The fourth-order valence-corrected chi connectivity index (χ4v) is 3.07. The maximum Gasteiger partial charge on any atom is 0.325 e. The number of carbonyl (C=O) groups excluding carboxylic acids is 2. The topological polar surface area (TPSA) is 81.4 Å². The van der Waals surface area contributed by atoms with Crippen molar-refractivity contribution in [3.8, 4) is 0 Å². The van der Waals surface area contributed by atoms with Crippen LogP contribution in [0.25, 0.3) is 0 Å². The van der Waals surface area contributed by atoms with Crippen molar-refractivity contribution in [3.63, 3.8) is 0 Å². The van der Waals surface area contributed by atoms with E-state index in [1.165, 1.54) is 7.11 Å². The maximum absolute atomic E-state index is 11.9. The quantitative estimate of drug-likeness (QED) is 0.644. The number of carbonyl (C=O) groups is 2. The van der Waals surface area contributed by atoms with Gasteiger partial charge in [0.05, 0.1) is 13.0 Å². The second kappa shape index (κ2) is 4.41. The number of hydrogen-bond donors (Lipinski definition) is 2. The number of hydrogen-bond acceptors (Lipinski definition) is 4. The van der Waals surface area contributed by atoms with Crippen molar-refractivity contribution < 1.29 is 14.3 Å². The van der Waals surface area contributed by atoms with E-state index in [0.717, 1.165) is 19.3 Å². The van der Waals surface area contributed by atoms with E-state index < -0.39 is 5.97 Å². The molecule has 2 rings (SSSR count). The zero-order chi connectivity index (χ0) is 11.7. The molecule has 0 aromatic rings. The third kappa shape index (κ3) is 1.91. The van der Waals surface area contributed by atoms with E-state index in [4.69, 9.17) is 5.73 Å². The Hall–Kier alpha value is -1.10. The second-order valence-electron chi connectivity index (χ2n) is 4.73. The zero-order valence-corrected chi connectivity index (χ0v) is 9.44. The molecule has 16 heavy (non-hydrogen) atoms. The van der Waals surface area contributed by atoms with Gasteiger partial charge >= 0.3 is 5.97 Å². The third-order valence-corrected chi connectivity index (χ3v) is 3.92. The Balaban J connectivity index is 1.88. The zero-order valence-electron chi connectivity index (χ0n) is 9.44. The lowest BCUT2D eigenvalue weighted by molar-refractivity contribution is -0.141. The number of nitrogens with one attached hydrogen (secondary N) is 1. The third-order valence-electron chi connectivity index (χ3n) is 3.92. The molecule has 5 nitrogen and oxygen atoms in total. The number of methoxy groups -OCH3 is 1. The van der Waals surface area contributed by atoms with E-state index >= 15 is 0 Å². The fraction of sp³-hybridized carbons (Fsp3) is 0.818. The minimum Gasteiger partial charge on any atom is -0.468 e. The molecule has 0 heterocycles. The molecule has 0 aromatic carbocycles. The molecule has 4 unspecified atom stereocenters. The molecule has 0 aliphatic heterocycles. The normalized spacial score (nSPS) is 36.1. The lowest BCUT2D eigenvalue weighted by atomic mass is 9.84. The molecular formula is C11H18N2O3. The number of fused-ring (bicyclic) bond motifs is 2. The van der Waals surface area contributed by atoms with E-state index in [9.17, 15) is 9.59 Å². The van der Waals surface area contributed by atoms with Crippen molar-refractivity contribution in [3.05, 3.63) is 0 Å². The van der Waals surface area contributed by atoms with Crippen LogP contribution in [-0.2, 0) is 14.3 Å². The highest BCUT2D eigenvalue weighted by Crippen LogP contribution is 2.47. The standard InChI is InChI=1S/C11H18N2O3/c1-16-8(14)5-13-11(15)9-6-2-3-7(4-6)10(9)12/h6-7,9-10H,2-5,12H2,1H3,(H,13,15). The van der Waals surface area contributed by atoms with Crippen LogP contribution < -0.4 is 11.1 Å². The van der Waals surface area contributed by atoms with Gasteiger partial charge in [-0.15, -0.1) is 0 Å². The summed E-state index contributed by atoms with van der Waals surface area (Å²) in [5, 5.41) is 2.60. The van der Waals surface area contributed by atoms with Gasteiger partial charge in [0, 0.05) is 6.04 Å². The smallest absolute Gasteiger partial charge is 0.325 e. The first-order chi connectivity index (χ1) is 7.63. The summed E-state index contributed by atoms with van der Waals surface area (Å²) in [6.07, 6.45) is 3.30. The minimum atomic E-state index is -0.426. The van der Waals surface area contributed by atoms with Gasteiger partial charge in [-0.2, -0.15) is 0 Å². The van der Waals surface area contributed by atoms with Crippen LogP contribution in [0.4, 0.5) is 0 Å². The summed E-state index contributed by atoms with van der Waals surface area (Å²) in [6.45, 7) is -0.0596. The Labute approximate surface area is 94.7 Å². The first kappa shape index (κ1) is 11.4. The lowest BCUT2D eigenvalue weighted by Gasteiger charge is -2.26.